The molecule has 31 heavy (non-hydrogen) atoms. The molecule has 2 N–H and O–H groups in total. The lowest BCUT2D eigenvalue weighted by molar-refractivity contribution is -0.122. The fourth-order valence-electron chi connectivity index (χ4n) is 5.21. The number of anilines is 1. The van der Waals surface area contributed by atoms with E-state index in [1.54, 1.807) is 6.07 Å². The minimum absolute atomic E-state index is 0.0335. The zero-order valence-electron chi connectivity index (χ0n) is 18.3. The fraction of sp³-hybridized carbons (Fsp3) is 0.609. The molecule has 1 amide bonds. The summed E-state index contributed by atoms with van der Waals surface area (Å²) >= 11 is 0. The van der Waals surface area contributed by atoms with Crippen molar-refractivity contribution in [2.75, 3.05) is 31.5 Å². The number of carbonyl (C=O) groups is 1. The third-order valence-electron chi connectivity index (χ3n) is 7.00. The summed E-state index contributed by atoms with van der Waals surface area (Å²) in [6, 6.07) is 3.44. The number of fused-ring (bicyclic) bond motifs is 1. The highest BCUT2D eigenvalue weighted by atomic mass is 19.1. The minimum Gasteiger partial charge on any atom is -0.373 e. The Morgan fingerprint density at radius 3 is 2.77 bits per heavy atom. The highest BCUT2D eigenvalue weighted by Crippen LogP contribution is 2.32. The summed E-state index contributed by atoms with van der Waals surface area (Å²) in [6.45, 7) is 7.46. The van der Waals surface area contributed by atoms with Crippen LogP contribution in [0, 0.1) is 24.2 Å². The third kappa shape index (κ3) is 4.67. The number of nitriles is 1. The second-order valence-electron chi connectivity index (χ2n) is 8.93. The van der Waals surface area contributed by atoms with Gasteiger partial charge in [-0.3, -0.25) is 9.69 Å². The number of aliphatic imine (C=N–C) groups is 1. The average Bonchev–Trinajstić information content (AvgIpc) is 3.24. The first-order valence-corrected chi connectivity index (χ1v) is 11.2. The van der Waals surface area contributed by atoms with E-state index in [4.69, 9.17) is 5.26 Å². The molecule has 0 aromatic heterocycles. The summed E-state index contributed by atoms with van der Waals surface area (Å²) in [5.74, 6) is 0.511. The Labute approximate surface area is 183 Å². The van der Waals surface area contributed by atoms with Crippen molar-refractivity contribution in [1.29, 1.82) is 5.26 Å². The first kappa shape index (κ1) is 21.6. The molecule has 1 aromatic rings. The standard InChI is InChI=1S/C23H31FN6O/c1-15-6-7-20(24)19-13-21(28-22(15)19)23(31)27-17-4-3-5-18(12-17)30-10-8-29(9-11-30)16(2)26-14-25/h6-7,17-18,21,28H,3-5,8-13H2,1-2H3,(H,27,31)/t17-,18?,21?/m1/s1. The number of hydrogen-bond acceptors (Lipinski definition) is 5. The largest absolute Gasteiger partial charge is 0.373 e. The van der Waals surface area contributed by atoms with Crippen molar-refractivity contribution in [3.05, 3.63) is 29.1 Å². The van der Waals surface area contributed by atoms with Gasteiger partial charge in [0.2, 0.25) is 12.1 Å². The second kappa shape index (κ2) is 9.23. The molecule has 0 bridgehead atoms. The Kier molecular flexibility index (Phi) is 6.42. The Balaban J connectivity index is 1.29. The quantitative estimate of drug-likeness (QED) is 0.441. The van der Waals surface area contributed by atoms with Crippen molar-refractivity contribution in [2.45, 2.75) is 64.1 Å². The first-order valence-electron chi connectivity index (χ1n) is 11.2. The van der Waals surface area contributed by atoms with E-state index in [9.17, 15) is 9.18 Å². The summed E-state index contributed by atoms with van der Waals surface area (Å²) in [4.78, 5) is 21.4. The van der Waals surface area contributed by atoms with Gasteiger partial charge in [-0.2, -0.15) is 10.3 Å². The molecule has 3 atom stereocenters. The SMILES string of the molecule is CC(=NC#N)N1CCN(C2CCC[C@@H](NC(=O)C3Cc4c(F)ccc(C)c4N3)C2)CC1. The lowest BCUT2D eigenvalue weighted by atomic mass is 9.89. The number of aryl methyl sites for hydroxylation is 1. The predicted octanol–water partition coefficient (Wildman–Crippen LogP) is 2.42. The third-order valence-corrected chi connectivity index (χ3v) is 7.00. The van der Waals surface area contributed by atoms with E-state index in [0.717, 1.165) is 68.9 Å². The van der Waals surface area contributed by atoms with Gasteiger partial charge >= 0.3 is 0 Å². The van der Waals surface area contributed by atoms with Gasteiger partial charge in [-0.05, 0) is 51.2 Å². The van der Waals surface area contributed by atoms with Gasteiger partial charge in [0.1, 0.15) is 17.7 Å². The number of halogens is 1. The number of rotatable bonds is 3. The van der Waals surface area contributed by atoms with Gasteiger partial charge in [0.25, 0.3) is 0 Å². The number of amides is 1. The van der Waals surface area contributed by atoms with Gasteiger partial charge in [-0.25, -0.2) is 4.39 Å². The summed E-state index contributed by atoms with van der Waals surface area (Å²) in [6.07, 6.45) is 6.44. The number of benzene rings is 1. The van der Waals surface area contributed by atoms with Crippen LogP contribution in [0.15, 0.2) is 17.1 Å². The maximum atomic E-state index is 14.1. The second-order valence-corrected chi connectivity index (χ2v) is 8.93. The smallest absolute Gasteiger partial charge is 0.243 e. The van der Waals surface area contributed by atoms with E-state index in [1.165, 1.54) is 6.07 Å². The van der Waals surface area contributed by atoms with E-state index in [-0.39, 0.29) is 17.8 Å². The molecular weight excluding hydrogens is 395 g/mol. The molecule has 4 rings (SSSR count). The minimum atomic E-state index is -0.406. The van der Waals surface area contributed by atoms with Gasteiger partial charge in [0, 0.05) is 55.9 Å². The van der Waals surface area contributed by atoms with E-state index >= 15 is 0 Å². The van der Waals surface area contributed by atoms with Crippen LogP contribution in [0.25, 0.3) is 0 Å². The average molecular weight is 427 g/mol. The van der Waals surface area contributed by atoms with Crippen LogP contribution in [-0.2, 0) is 11.2 Å². The fourth-order valence-corrected chi connectivity index (χ4v) is 5.21. The molecule has 3 aliphatic rings. The Morgan fingerprint density at radius 1 is 1.29 bits per heavy atom. The van der Waals surface area contributed by atoms with Gasteiger partial charge in [-0.1, -0.05) is 6.07 Å². The van der Waals surface area contributed by atoms with E-state index in [2.05, 4.69) is 25.4 Å². The molecule has 0 radical (unpaired) electrons. The number of piperazine rings is 1. The Morgan fingerprint density at radius 2 is 2.06 bits per heavy atom. The summed E-state index contributed by atoms with van der Waals surface area (Å²) < 4.78 is 14.1. The highest BCUT2D eigenvalue weighted by Gasteiger charge is 2.34. The molecule has 1 saturated carbocycles. The van der Waals surface area contributed by atoms with Crippen molar-refractivity contribution in [3.8, 4) is 6.19 Å². The van der Waals surface area contributed by atoms with E-state index in [1.807, 2.05) is 20.0 Å². The monoisotopic (exact) mass is 426 g/mol. The maximum absolute atomic E-state index is 14.1. The van der Waals surface area contributed by atoms with Crippen molar-refractivity contribution in [1.82, 2.24) is 15.1 Å². The number of amidine groups is 1. The van der Waals surface area contributed by atoms with Gasteiger partial charge in [0.05, 0.1) is 0 Å². The number of carbonyl (C=O) groups excluding carboxylic acids is 1. The maximum Gasteiger partial charge on any atom is 0.243 e. The normalized spacial score (nSPS) is 26.7. The molecular formula is C23H31FN6O. The molecule has 8 heteroatoms. The Hall–Kier alpha value is -2.66. The molecule has 7 nitrogen and oxygen atoms in total. The molecule has 166 valence electrons. The highest BCUT2D eigenvalue weighted by molar-refractivity contribution is 5.88. The predicted molar refractivity (Wildman–Crippen MR) is 118 cm³/mol. The molecule has 2 heterocycles. The molecule has 2 aliphatic heterocycles. The van der Waals surface area contributed by atoms with Crippen LogP contribution in [0.3, 0.4) is 0 Å². The van der Waals surface area contributed by atoms with Crippen molar-refractivity contribution >= 4 is 17.4 Å². The summed E-state index contributed by atoms with van der Waals surface area (Å²) in [5, 5.41) is 15.2. The van der Waals surface area contributed by atoms with Gasteiger partial charge in [0.15, 0.2) is 0 Å². The molecule has 0 spiro atoms. The molecule has 1 saturated heterocycles. The van der Waals surface area contributed by atoms with Crippen molar-refractivity contribution in [3.63, 3.8) is 0 Å². The van der Waals surface area contributed by atoms with Crippen LogP contribution in [0.1, 0.15) is 43.7 Å². The number of nitrogens with one attached hydrogen (secondary N) is 2. The van der Waals surface area contributed by atoms with Crippen LogP contribution in [0.4, 0.5) is 10.1 Å². The first-order chi connectivity index (χ1) is 15.0. The summed E-state index contributed by atoms with van der Waals surface area (Å²) in [7, 11) is 0. The zero-order chi connectivity index (χ0) is 22.0. The zero-order valence-corrected chi connectivity index (χ0v) is 18.3. The molecule has 1 aliphatic carbocycles. The van der Waals surface area contributed by atoms with E-state index < -0.39 is 6.04 Å². The van der Waals surface area contributed by atoms with Crippen LogP contribution in [0.5, 0.6) is 0 Å². The lowest BCUT2D eigenvalue weighted by Crippen LogP contribution is -2.54. The van der Waals surface area contributed by atoms with E-state index in [0.29, 0.717) is 18.0 Å². The lowest BCUT2D eigenvalue weighted by Gasteiger charge is -2.43. The topological polar surface area (TPSA) is 83.8 Å². The van der Waals surface area contributed by atoms with Crippen LogP contribution in [0.2, 0.25) is 0 Å². The molecule has 2 unspecified atom stereocenters. The number of nitrogens with zero attached hydrogens (tertiary/aromatic N) is 4. The molecule has 1 aromatic carbocycles. The van der Waals surface area contributed by atoms with Gasteiger partial charge in [-0.15, -0.1) is 0 Å². The number of hydrogen-bond donors (Lipinski definition) is 2. The molecule has 2 fully saturated rings. The van der Waals surface area contributed by atoms with Crippen molar-refractivity contribution in [2.24, 2.45) is 4.99 Å². The summed E-state index contributed by atoms with van der Waals surface area (Å²) in [5.41, 5.74) is 2.36. The van der Waals surface area contributed by atoms with Gasteiger partial charge < -0.3 is 15.5 Å². The van der Waals surface area contributed by atoms with Crippen molar-refractivity contribution < 1.29 is 9.18 Å². The van der Waals surface area contributed by atoms with Crippen LogP contribution >= 0.6 is 0 Å². The van der Waals surface area contributed by atoms with Crippen LogP contribution < -0.4 is 10.6 Å². The Bertz CT molecular complexity index is 871. The van der Waals surface area contributed by atoms with Crippen LogP contribution in [-0.4, -0.2) is 65.8 Å².